The number of ether oxygens (including phenoxy) is 1. The van der Waals surface area contributed by atoms with Crippen LogP contribution in [0.25, 0.3) is 0 Å². The summed E-state index contributed by atoms with van der Waals surface area (Å²) in [6.07, 6.45) is 1.26. The van der Waals surface area contributed by atoms with Gasteiger partial charge in [0.05, 0.1) is 0 Å². The Hall–Kier alpha value is -1.89. The van der Waals surface area contributed by atoms with E-state index in [1.807, 2.05) is 0 Å². The van der Waals surface area contributed by atoms with E-state index in [-0.39, 0.29) is 23.0 Å². The second-order valence-electron chi connectivity index (χ2n) is 8.20. The maximum atomic E-state index is 14.5. The number of amides is 2. The van der Waals surface area contributed by atoms with Crippen LogP contribution in [-0.4, -0.2) is 41.6 Å². The normalized spacial score (nSPS) is 22.9. The third kappa shape index (κ3) is 4.69. The van der Waals surface area contributed by atoms with Gasteiger partial charge in [0.15, 0.2) is 0 Å². The zero-order valence-corrected chi connectivity index (χ0v) is 16.3. The number of hydrogen-bond donors (Lipinski definition) is 1. The molecule has 1 saturated heterocycles. The van der Waals surface area contributed by atoms with Crippen LogP contribution in [0.2, 0.25) is 5.02 Å². The summed E-state index contributed by atoms with van der Waals surface area (Å²) >= 11 is 5.71. The summed E-state index contributed by atoms with van der Waals surface area (Å²) in [6, 6.07) is 0.931. The Labute approximate surface area is 162 Å². The predicted molar refractivity (Wildman–Crippen MR) is 96.6 cm³/mol. The van der Waals surface area contributed by atoms with Gasteiger partial charge in [0.2, 0.25) is 5.91 Å². The van der Waals surface area contributed by atoms with E-state index < -0.39 is 35.3 Å². The van der Waals surface area contributed by atoms with Gasteiger partial charge in [-0.1, -0.05) is 11.6 Å². The molecular weight excluding hydrogens is 378 g/mol. The van der Waals surface area contributed by atoms with Crippen molar-refractivity contribution in [3.63, 3.8) is 0 Å². The first-order valence-corrected chi connectivity index (χ1v) is 9.35. The van der Waals surface area contributed by atoms with Gasteiger partial charge in [0, 0.05) is 29.6 Å². The topological polar surface area (TPSA) is 58.6 Å². The van der Waals surface area contributed by atoms with Gasteiger partial charge in [0.1, 0.15) is 23.3 Å². The molecule has 1 saturated carbocycles. The summed E-state index contributed by atoms with van der Waals surface area (Å²) in [7, 11) is 0. The fourth-order valence-corrected chi connectivity index (χ4v) is 3.53. The third-order valence-electron chi connectivity index (χ3n) is 4.66. The summed E-state index contributed by atoms with van der Waals surface area (Å²) < 4.78 is 34.2. The lowest BCUT2D eigenvalue weighted by molar-refractivity contribution is -0.129. The molecule has 0 bridgehead atoms. The average Bonchev–Trinajstić information content (AvgIpc) is 3.26. The average molecular weight is 401 g/mol. The van der Waals surface area contributed by atoms with E-state index in [1.54, 1.807) is 25.7 Å². The van der Waals surface area contributed by atoms with Crippen molar-refractivity contribution in [1.29, 1.82) is 0 Å². The standard InChI is InChI=1S/C19H23ClF2N2O3/c1-19(2,3)27-18(26)23-16-12(9-24(17(16)25)8-10-4-5-10)15-13(21)6-11(20)7-14(15)22/h6-7,10,12,16H,4-5,8-9H2,1-3H3,(H,23,26)/t12-,16-/m0/s1. The smallest absolute Gasteiger partial charge is 0.408 e. The molecule has 0 spiro atoms. The number of rotatable bonds is 4. The molecule has 2 amide bonds. The molecule has 1 N–H and O–H groups in total. The largest absolute Gasteiger partial charge is 0.444 e. The van der Waals surface area contributed by atoms with E-state index in [0.29, 0.717) is 12.5 Å². The predicted octanol–water partition coefficient (Wildman–Crippen LogP) is 3.85. The van der Waals surface area contributed by atoms with Crippen LogP contribution >= 0.6 is 11.6 Å². The lowest BCUT2D eigenvalue weighted by atomic mass is 9.93. The molecule has 1 aliphatic heterocycles. The number of carbonyl (C=O) groups excluding carboxylic acids is 2. The monoisotopic (exact) mass is 400 g/mol. The number of hydrogen-bond acceptors (Lipinski definition) is 3. The first-order chi connectivity index (χ1) is 12.5. The van der Waals surface area contributed by atoms with E-state index in [2.05, 4.69) is 5.32 Å². The van der Waals surface area contributed by atoms with Crippen LogP contribution in [0.5, 0.6) is 0 Å². The highest BCUT2D eigenvalue weighted by atomic mass is 35.5. The lowest BCUT2D eigenvalue weighted by Gasteiger charge is -2.23. The van der Waals surface area contributed by atoms with Crippen LogP contribution in [0.4, 0.5) is 13.6 Å². The summed E-state index contributed by atoms with van der Waals surface area (Å²) in [5, 5.41) is 2.44. The number of alkyl carbamates (subject to hydrolysis) is 1. The molecular formula is C19H23ClF2N2O3. The number of nitrogens with zero attached hydrogens (tertiary/aromatic N) is 1. The minimum Gasteiger partial charge on any atom is -0.444 e. The molecule has 1 heterocycles. The van der Waals surface area contributed by atoms with Gasteiger partial charge in [-0.25, -0.2) is 13.6 Å². The molecule has 1 aromatic rings. The van der Waals surface area contributed by atoms with Gasteiger partial charge in [-0.15, -0.1) is 0 Å². The third-order valence-corrected chi connectivity index (χ3v) is 4.88. The molecule has 0 unspecified atom stereocenters. The first kappa shape index (κ1) is 19.9. The molecule has 0 radical (unpaired) electrons. The van der Waals surface area contributed by atoms with Gasteiger partial charge < -0.3 is 15.0 Å². The molecule has 1 aliphatic carbocycles. The molecule has 3 rings (SSSR count). The SMILES string of the molecule is CC(C)(C)OC(=O)N[C@@H]1C(=O)N(CC2CC2)C[C@H]1c1c(F)cc(Cl)cc1F. The molecule has 5 nitrogen and oxygen atoms in total. The fourth-order valence-electron chi connectivity index (χ4n) is 3.34. The molecule has 1 aromatic carbocycles. The van der Waals surface area contributed by atoms with Crippen molar-refractivity contribution in [3.8, 4) is 0 Å². The van der Waals surface area contributed by atoms with Crippen LogP contribution in [0.15, 0.2) is 12.1 Å². The molecule has 2 aliphatic rings. The van der Waals surface area contributed by atoms with Gasteiger partial charge in [-0.05, 0) is 51.7 Å². The van der Waals surface area contributed by atoms with E-state index >= 15 is 0 Å². The van der Waals surface area contributed by atoms with Crippen molar-refractivity contribution in [2.24, 2.45) is 5.92 Å². The highest BCUT2D eigenvalue weighted by Gasteiger charge is 2.46. The second-order valence-corrected chi connectivity index (χ2v) is 8.64. The van der Waals surface area contributed by atoms with Crippen molar-refractivity contribution in [2.45, 2.75) is 51.2 Å². The number of nitrogens with one attached hydrogen (secondary N) is 1. The Balaban J connectivity index is 1.88. The van der Waals surface area contributed by atoms with E-state index in [1.165, 1.54) is 0 Å². The Kier molecular flexibility index (Phi) is 5.34. The number of likely N-dealkylation sites (tertiary alicyclic amines) is 1. The highest BCUT2D eigenvalue weighted by Crippen LogP contribution is 2.37. The first-order valence-electron chi connectivity index (χ1n) is 8.98. The van der Waals surface area contributed by atoms with Gasteiger partial charge in [-0.3, -0.25) is 4.79 Å². The van der Waals surface area contributed by atoms with Crippen LogP contribution in [-0.2, 0) is 9.53 Å². The van der Waals surface area contributed by atoms with Gasteiger partial charge in [-0.2, -0.15) is 0 Å². The Morgan fingerprint density at radius 1 is 1.30 bits per heavy atom. The van der Waals surface area contributed by atoms with Crippen LogP contribution < -0.4 is 5.32 Å². The molecule has 148 valence electrons. The van der Waals surface area contributed by atoms with Crippen LogP contribution in [0, 0.1) is 17.6 Å². The summed E-state index contributed by atoms with van der Waals surface area (Å²) in [5.41, 5.74) is -1.00. The van der Waals surface area contributed by atoms with Crippen molar-refractivity contribution in [2.75, 3.05) is 13.1 Å². The van der Waals surface area contributed by atoms with Crippen LogP contribution in [0.3, 0.4) is 0 Å². The summed E-state index contributed by atoms with van der Waals surface area (Å²) in [6.45, 7) is 5.74. The quantitative estimate of drug-likeness (QED) is 0.835. The molecule has 0 aromatic heterocycles. The van der Waals surface area contributed by atoms with E-state index in [4.69, 9.17) is 16.3 Å². The number of halogens is 3. The molecule has 2 fully saturated rings. The second kappa shape index (κ2) is 7.26. The summed E-state index contributed by atoms with van der Waals surface area (Å²) in [4.78, 5) is 26.6. The Morgan fingerprint density at radius 3 is 2.41 bits per heavy atom. The Morgan fingerprint density at radius 2 is 1.89 bits per heavy atom. The Bertz CT molecular complexity index is 739. The van der Waals surface area contributed by atoms with Crippen molar-refractivity contribution in [1.82, 2.24) is 10.2 Å². The van der Waals surface area contributed by atoms with Crippen LogP contribution in [0.1, 0.15) is 45.1 Å². The lowest BCUT2D eigenvalue weighted by Crippen LogP contribution is -2.46. The number of carbonyl (C=O) groups is 2. The van der Waals surface area contributed by atoms with Gasteiger partial charge >= 0.3 is 6.09 Å². The zero-order valence-electron chi connectivity index (χ0n) is 15.5. The maximum absolute atomic E-state index is 14.5. The van der Waals surface area contributed by atoms with Gasteiger partial charge in [0.25, 0.3) is 0 Å². The van der Waals surface area contributed by atoms with Crippen molar-refractivity contribution in [3.05, 3.63) is 34.4 Å². The minimum atomic E-state index is -1.09. The zero-order chi connectivity index (χ0) is 19.9. The molecule has 2 atom stereocenters. The maximum Gasteiger partial charge on any atom is 0.408 e. The highest BCUT2D eigenvalue weighted by molar-refractivity contribution is 6.30. The molecule has 27 heavy (non-hydrogen) atoms. The minimum absolute atomic E-state index is 0.0652. The fraction of sp³-hybridized carbons (Fsp3) is 0.579. The summed E-state index contributed by atoms with van der Waals surface area (Å²) in [5.74, 6) is -2.47. The van der Waals surface area contributed by atoms with E-state index in [0.717, 1.165) is 25.0 Å². The number of benzene rings is 1. The van der Waals surface area contributed by atoms with E-state index in [9.17, 15) is 18.4 Å². The van der Waals surface area contributed by atoms with Crippen molar-refractivity contribution < 1.29 is 23.1 Å². The molecule has 8 heteroatoms. The van der Waals surface area contributed by atoms with Crippen molar-refractivity contribution >= 4 is 23.6 Å².